The van der Waals surface area contributed by atoms with Crippen molar-refractivity contribution < 1.29 is 4.74 Å². The fourth-order valence-corrected chi connectivity index (χ4v) is 1.57. The minimum atomic E-state index is 0.553. The second kappa shape index (κ2) is 5.36. The highest BCUT2D eigenvalue weighted by atomic mass is 32.1. The molecule has 1 rings (SSSR count). The van der Waals surface area contributed by atoms with Crippen molar-refractivity contribution in [1.29, 1.82) is 0 Å². The Balaban J connectivity index is 2.71. The Kier molecular flexibility index (Phi) is 4.12. The van der Waals surface area contributed by atoms with Gasteiger partial charge in [0.25, 0.3) is 0 Å². The number of ether oxygens (including phenoxy) is 1. The topological polar surface area (TPSA) is 48.1 Å². The van der Waals surface area contributed by atoms with Gasteiger partial charge in [-0.25, -0.2) is 4.98 Å². The van der Waals surface area contributed by atoms with E-state index in [1.807, 2.05) is 30.5 Å². The lowest BCUT2D eigenvalue weighted by Crippen LogP contribution is -1.85. The van der Waals surface area contributed by atoms with Crippen molar-refractivity contribution in [2.24, 2.45) is 0 Å². The third-order valence-electron chi connectivity index (χ3n) is 1.82. The predicted molar refractivity (Wildman–Crippen MR) is 65.5 cm³/mol. The number of allylic oxidation sites excluding steroid dienone is 4. The maximum atomic E-state index is 5.53. The van der Waals surface area contributed by atoms with Gasteiger partial charge in [-0.1, -0.05) is 6.58 Å². The van der Waals surface area contributed by atoms with Crippen LogP contribution < -0.4 is 5.73 Å². The summed E-state index contributed by atoms with van der Waals surface area (Å²) in [5, 5.41) is 2.43. The number of nitrogen functional groups attached to an aromatic ring is 1. The van der Waals surface area contributed by atoms with Crippen LogP contribution in [0.5, 0.6) is 0 Å². The molecule has 15 heavy (non-hydrogen) atoms. The minimum Gasteiger partial charge on any atom is -0.497 e. The van der Waals surface area contributed by atoms with Crippen LogP contribution in [-0.4, -0.2) is 12.1 Å². The molecule has 0 saturated heterocycles. The molecular formula is C11H14N2OS. The molecule has 0 fully saturated rings. The molecule has 1 heterocycles. The Morgan fingerprint density at radius 1 is 1.60 bits per heavy atom. The van der Waals surface area contributed by atoms with Crippen molar-refractivity contribution in [1.82, 2.24) is 4.98 Å². The first-order chi connectivity index (χ1) is 7.17. The van der Waals surface area contributed by atoms with Crippen molar-refractivity contribution in [3.63, 3.8) is 0 Å². The van der Waals surface area contributed by atoms with Crippen molar-refractivity contribution in [3.8, 4) is 0 Å². The maximum absolute atomic E-state index is 5.53. The van der Waals surface area contributed by atoms with E-state index in [1.165, 1.54) is 11.3 Å². The SMILES string of the molecule is C=C(/C=C\C(=C/C)OC)c1csc(N)n1. The molecule has 0 aliphatic rings. The molecule has 0 bridgehead atoms. The highest BCUT2D eigenvalue weighted by Gasteiger charge is 2.00. The first-order valence-electron chi connectivity index (χ1n) is 4.46. The van der Waals surface area contributed by atoms with Gasteiger partial charge in [-0.2, -0.15) is 0 Å². The zero-order chi connectivity index (χ0) is 11.3. The number of methoxy groups -OCH3 is 1. The zero-order valence-corrected chi connectivity index (χ0v) is 9.67. The quantitative estimate of drug-likeness (QED) is 0.629. The molecule has 0 radical (unpaired) electrons. The number of anilines is 1. The van der Waals surface area contributed by atoms with E-state index < -0.39 is 0 Å². The average molecular weight is 222 g/mol. The summed E-state index contributed by atoms with van der Waals surface area (Å²) in [6, 6.07) is 0. The van der Waals surface area contributed by atoms with Gasteiger partial charge < -0.3 is 10.5 Å². The molecular weight excluding hydrogens is 208 g/mol. The second-order valence-corrected chi connectivity index (χ2v) is 3.71. The summed E-state index contributed by atoms with van der Waals surface area (Å²) >= 11 is 1.40. The van der Waals surface area contributed by atoms with Gasteiger partial charge in [-0.3, -0.25) is 0 Å². The molecule has 3 nitrogen and oxygen atoms in total. The summed E-state index contributed by atoms with van der Waals surface area (Å²) in [6.07, 6.45) is 5.57. The lowest BCUT2D eigenvalue weighted by atomic mass is 10.2. The molecule has 0 amide bonds. The van der Waals surface area contributed by atoms with E-state index in [4.69, 9.17) is 10.5 Å². The molecule has 1 aromatic heterocycles. The normalized spacial score (nSPS) is 12.0. The van der Waals surface area contributed by atoms with Crippen LogP contribution in [0, 0.1) is 0 Å². The Bertz CT molecular complexity index is 404. The summed E-state index contributed by atoms with van der Waals surface area (Å²) in [6.45, 7) is 5.81. The van der Waals surface area contributed by atoms with Crippen LogP contribution in [0.4, 0.5) is 5.13 Å². The van der Waals surface area contributed by atoms with Crippen LogP contribution in [0.1, 0.15) is 12.6 Å². The first kappa shape index (κ1) is 11.5. The lowest BCUT2D eigenvalue weighted by molar-refractivity contribution is 0.306. The molecule has 0 aromatic carbocycles. The van der Waals surface area contributed by atoms with Gasteiger partial charge in [0.2, 0.25) is 0 Å². The van der Waals surface area contributed by atoms with Crippen LogP contribution in [0.3, 0.4) is 0 Å². The summed E-state index contributed by atoms with van der Waals surface area (Å²) < 4.78 is 5.08. The van der Waals surface area contributed by atoms with Gasteiger partial charge in [0.15, 0.2) is 5.13 Å². The largest absolute Gasteiger partial charge is 0.497 e. The predicted octanol–water partition coefficient (Wildman–Crippen LogP) is 2.84. The molecule has 0 saturated carbocycles. The highest BCUT2D eigenvalue weighted by Crippen LogP contribution is 2.19. The molecule has 0 aliphatic carbocycles. The zero-order valence-electron chi connectivity index (χ0n) is 8.86. The van der Waals surface area contributed by atoms with Gasteiger partial charge in [0.05, 0.1) is 12.8 Å². The monoisotopic (exact) mass is 222 g/mol. The standard InChI is InChI=1S/C11H14N2OS/c1-4-9(14-3)6-5-8(2)10-7-15-11(12)13-10/h4-7H,2H2,1,3H3,(H2,12,13)/b6-5-,9-4+. The summed E-state index contributed by atoms with van der Waals surface area (Å²) in [4.78, 5) is 4.13. The second-order valence-electron chi connectivity index (χ2n) is 2.82. The van der Waals surface area contributed by atoms with E-state index in [0.717, 1.165) is 17.0 Å². The first-order valence-corrected chi connectivity index (χ1v) is 5.34. The van der Waals surface area contributed by atoms with Crippen LogP contribution in [0.2, 0.25) is 0 Å². The van der Waals surface area contributed by atoms with Gasteiger partial charge in [0, 0.05) is 5.38 Å². The molecule has 0 atom stereocenters. The van der Waals surface area contributed by atoms with Crippen LogP contribution >= 0.6 is 11.3 Å². The lowest BCUT2D eigenvalue weighted by Gasteiger charge is -1.98. The Labute approximate surface area is 93.6 Å². The third kappa shape index (κ3) is 3.25. The summed E-state index contributed by atoms with van der Waals surface area (Å²) in [7, 11) is 1.63. The molecule has 2 N–H and O–H groups in total. The Morgan fingerprint density at radius 3 is 2.80 bits per heavy atom. The van der Waals surface area contributed by atoms with Crippen LogP contribution in [-0.2, 0) is 4.74 Å². The third-order valence-corrected chi connectivity index (χ3v) is 2.49. The highest BCUT2D eigenvalue weighted by molar-refractivity contribution is 7.13. The summed E-state index contributed by atoms with van der Waals surface area (Å²) in [5.41, 5.74) is 7.16. The summed E-state index contributed by atoms with van der Waals surface area (Å²) in [5.74, 6) is 0.791. The van der Waals surface area contributed by atoms with Crippen molar-refractivity contribution in [2.45, 2.75) is 6.92 Å². The van der Waals surface area contributed by atoms with Crippen LogP contribution in [0.25, 0.3) is 5.57 Å². The fourth-order valence-electron chi connectivity index (χ4n) is 0.985. The fraction of sp³-hybridized carbons (Fsp3) is 0.182. The number of nitrogens with zero attached hydrogens (tertiary/aromatic N) is 1. The van der Waals surface area contributed by atoms with Gasteiger partial charge in [0.1, 0.15) is 5.76 Å². The van der Waals surface area contributed by atoms with Crippen molar-refractivity contribution in [2.75, 3.05) is 12.8 Å². The van der Waals surface area contributed by atoms with E-state index in [1.54, 1.807) is 7.11 Å². The number of nitrogens with two attached hydrogens (primary N) is 1. The molecule has 0 spiro atoms. The Morgan fingerprint density at radius 2 is 2.33 bits per heavy atom. The number of aromatic nitrogens is 1. The van der Waals surface area contributed by atoms with Crippen molar-refractivity contribution in [3.05, 3.63) is 41.6 Å². The number of hydrogen-bond donors (Lipinski definition) is 1. The maximum Gasteiger partial charge on any atom is 0.180 e. The molecule has 0 aliphatic heterocycles. The number of rotatable bonds is 4. The van der Waals surface area contributed by atoms with Gasteiger partial charge in [-0.05, 0) is 30.7 Å². The molecule has 1 aromatic rings. The average Bonchev–Trinajstić information content (AvgIpc) is 2.66. The molecule has 0 unspecified atom stereocenters. The van der Waals surface area contributed by atoms with Gasteiger partial charge in [-0.15, -0.1) is 11.3 Å². The molecule has 4 heteroatoms. The van der Waals surface area contributed by atoms with Crippen LogP contribution in [0.15, 0.2) is 35.9 Å². The minimum absolute atomic E-state index is 0.553. The van der Waals surface area contributed by atoms with Gasteiger partial charge >= 0.3 is 0 Å². The van der Waals surface area contributed by atoms with E-state index in [-0.39, 0.29) is 0 Å². The van der Waals surface area contributed by atoms with Crippen molar-refractivity contribution >= 4 is 22.0 Å². The number of hydrogen-bond acceptors (Lipinski definition) is 4. The van der Waals surface area contributed by atoms with E-state index in [2.05, 4.69) is 11.6 Å². The molecule has 80 valence electrons. The smallest absolute Gasteiger partial charge is 0.180 e. The Hall–Kier alpha value is -1.55. The van der Waals surface area contributed by atoms with E-state index in [0.29, 0.717) is 5.13 Å². The van der Waals surface area contributed by atoms with E-state index in [9.17, 15) is 0 Å². The number of thiazole rings is 1. The van der Waals surface area contributed by atoms with E-state index >= 15 is 0 Å².